The van der Waals surface area contributed by atoms with Gasteiger partial charge in [-0.3, -0.25) is 14.4 Å². The second kappa shape index (κ2) is 9.09. The molecule has 154 valence electrons. The number of nitrogens with zero attached hydrogens (tertiary/aromatic N) is 1. The van der Waals surface area contributed by atoms with Gasteiger partial charge in [0.05, 0.1) is 6.54 Å². The van der Waals surface area contributed by atoms with E-state index in [-0.39, 0.29) is 23.7 Å². The van der Waals surface area contributed by atoms with E-state index in [0.29, 0.717) is 5.69 Å². The van der Waals surface area contributed by atoms with Crippen molar-refractivity contribution < 1.29 is 32.3 Å². The predicted molar refractivity (Wildman–Crippen MR) is 99.5 cm³/mol. The van der Waals surface area contributed by atoms with Gasteiger partial charge in [0.2, 0.25) is 11.8 Å². The Labute approximate surface area is 164 Å². The van der Waals surface area contributed by atoms with Gasteiger partial charge >= 0.3 is 6.36 Å². The summed E-state index contributed by atoms with van der Waals surface area (Å²) in [5.74, 6) is -1.68. The molecular formula is C19H18F3N3O4. The van der Waals surface area contributed by atoms with Crippen LogP contribution in [0.25, 0.3) is 0 Å². The quantitative estimate of drug-likeness (QED) is 0.767. The fourth-order valence-electron chi connectivity index (χ4n) is 2.38. The van der Waals surface area contributed by atoms with Crippen LogP contribution in [-0.4, -0.2) is 42.6 Å². The summed E-state index contributed by atoms with van der Waals surface area (Å²) in [5.41, 5.74) is 0.973. The maximum absolute atomic E-state index is 12.5. The minimum Gasteiger partial charge on any atom is -0.406 e. The van der Waals surface area contributed by atoms with Gasteiger partial charge in [0.1, 0.15) is 5.75 Å². The van der Waals surface area contributed by atoms with E-state index in [1.165, 1.54) is 37.1 Å². The van der Waals surface area contributed by atoms with Crippen LogP contribution in [0.2, 0.25) is 0 Å². The first-order valence-electron chi connectivity index (χ1n) is 8.32. The number of amides is 3. The lowest BCUT2D eigenvalue weighted by molar-refractivity contribution is -0.274. The number of hydrogen-bond donors (Lipinski definition) is 2. The van der Waals surface area contributed by atoms with Crippen LogP contribution in [0, 0.1) is 0 Å². The molecule has 0 fully saturated rings. The molecule has 0 saturated carbocycles. The molecule has 7 nitrogen and oxygen atoms in total. The zero-order valence-electron chi connectivity index (χ0n) is 15.5. The Hall–Kier alpha value is -3.56. The van der Waals surface area contributed by atoms with E-state index >= 15 is 0 Å². The second-order valence-electron chi connectivity index (χ2n) is 6.04. The summed E-state index contributed by atoms with van der Waals surface area (Å²) < 4.78 is 40.2. The van der Waals surface area contributed by atoms with Gasteiger partial charge in [0.25, 0.3) is 5.91 Å². The van der Waals surface area contributed by atoms with Crippen molar-refractivity contribution >= 4 is 29.1 Å². The Morgan fingerprint density at radius 2 is 1.66 bits per heavy atom. The normalized spacial score (nSPS) is 10.8. The van der Waals surface area contributed by atoms with E-state index in [1.54, 1.807) is 18.2 Å². The van der Waals surface area contributed by atoms with Crippen molar-refractivity contribution in [1.82, 2.24) is 4.90 Å². The fraction of sp³-hybridized carbons (Fsp3) is 0.211. The average molecular weight is 409 g/mol. The minimum atomic E-state index is -4.80. The van der Waals surface area contributed by atoms with Gasteiger partial charge in [-0.05, 0) is 42.5 Å². The van der Waals surface area contributed by atoms with Crippen molar-refractivity contribution in [1.29, 1.82) is 0 Å². The molecular weight excluding hydrogens is 391 g/mol. The van der Waals surface area contributed by atoms with E-state index in [2.05, 4.69) is 15.4 Å². The molecule has 29 heavy (non-hydrogen) atoms. The van der Waals surface area contributed by atoms with Gasteiger partial charge in [-0.2, -0.15) is 0 Å². The molecule has 0 saturated heterocycles. The summed E-state index contributed by atoms with van der Waals surface area (Å²) in [7, 11) is 1.42. The molecule has 0 bridgehead atoms. The number of likely N-dealkylation sites (N-methyl/N-ethyl adjacent to an activating group) is 1. The molecule has 0 unspecified atom stereocenters. The van der Waals surface area contributed by atoms with Crippen molar-refractivity contribution in [3.63, 3.8) is 0 Å². The minimum absolute atomic E-state index is 0.248. The lowest BCUT2D eigenvalue weighted by Crippen LogP contribution is -2.35. The highest BCUT2D eigenvalue weighted by Gasteiger charge is 2.31. The maximum atomic E-state index is 12.5. The standard InChI is InChI=1S/C19H18F3N3O4/c1-12(26)23-15-5-3-4-13(10-15)18(28)25(2)11-17(27)24-14-6-8-16(9-7-14)29-19(20,21)22/h3-10H,11H2,1-2H3,(H,23,26)(H,24,27). The molecule has 2 N–H and O–H groups in total. The summed E-state index contributed by atoms with van der Waals surface area (Å²) in [6.07, 6.45) is -4.80. The third-order valence-corrected chi connectivity index (χ3v) is 3.53. The van der Waals surface area contributed by atoms with Crippen molar-refractivity contribution in [2.75, 3.05) is 24.2 Å². The van der Waals surface area contributed by atoms with Crippen LogP contribution in [0.4, 0.5) is 24.5 Å². The van der Waals surface area contributed by atoms with Gasteiger partial charge < -0.3 is 20.3 Å². The molecule has 0 aliphatic rings. The molecule has 2 aromatic carbocycles. The summed E-state index contributed by atoms with van der Waals surface area (Å²) >= 11 is 0. The largest absolute Gasteiger partial charge is 0.573 e. The highest BCUT2D eigenvalue weighted by molar-refractivity contribution is 6.00. The van der Waals surface area contributed by atoms with E-state index in [0.717, 1.165) is 12.1 Å². The van der Waals surface area contributed by atoms with Gasteiger partial charge in [0.15, 0.2) is 0 Å². The van der Waals surface area contributed by atoms with Gasteiger partial charge in [-0.15, -0.1) is 13.2 Å². The molecule has 3 amide bonds. The number of alkyl halides is 3. The second-order valence-corrected chi connectivity index (χ2v) is 6.04. The summed E-state index contributed by atoms with van der Waals surface area (Å²) in [6.45, 7) is 1.05. The zero-order chi connectivity index (χ0) is 21.6. The van der Waals surface area contributed by atoms with Crippen LogP contribution in [0.1, 0.15) is 17.3 Å². The smallest absolute Gasteiger partial charge is 0.406 e. The highest BCUT2D eigenvalue weighted by Crippen LogP contribution is 2.24. The zero-order valence-corrected chi connectivity index (χ0v) is 15.5. The number of carbonyl (C=O) groups is 3. The Morgan fingerprint density at radius 1 is 1.00 bits per heavy atom. The Bertz CT molecular complexity index is 898. The average Bonchev–Trinajstić information content (AvgIpc) is 2.61. The molecule has 2 rings (SSSR count). The van der Waals surface area contributed by atoms with Crippen molar-refractivity contribution in [3.8, 4) is 5.75 Å². The molecule has 0 aromatic heterocycles. The van der Waals surface area contributed by atoms with E-state index in [1.807, 2.05) is 0 Å². The molecule has 0 aliphatic carbocycles. The van der Waals surface area contributed by atoms with E-state index in [4.69, 9.17) is 0 Å². The summed E-state index contributed by atoms with van der Waals surface area (Å²) in [4.78, 5) is 36.9. The van der Waals surface area contributed by atoms with Crippen molar-refractivity contribution in [2.45, 2.75) is 13.3 Å². The van der Waals surface area contributed by atoms with Gasteiger partial charge in [-0.1, -0.05) is 6.07 Å². The van der Waals surface area contributed by atoms with Crippen molar-refractivity contribution in [3.05, 3.63) is 54.1 Å². The first-order chi connectivity index (χ1) is 13.5. The molecule has 0 radical (unpaired) electrons. The molecule has 10 heteroatoms. The number of benzene rings is 2. The molecule has 0 atom stereocenters. The van der Waals surface area contributed by atoms with Crippen molar-refractivity contribution in [2.24, 2.45) is 0 Å². The number of ether oxygens (including phenoxy) is 1. The first-order valence-corrected chi connectivity index (χ1v) is 8.32. The van der Waals surface area contributed by atoms with Crippen LogP contribution >= 0.6 is 0 Å². The third kappa shape index (κ3) is 7.17. The third-order valence-electron chi connectivity index (χ3n) is 3.53. The van der Waals surface area contributed by atoms with Crippen LogP contribution in [0.5, 0.6) is 5.75 Å². The molecule has 0 spiro atoms. The Morgan fingerprint density at radius 3 is 2.24 bits per heavy atom. The topological polar surface area (TPSA) is 87.7 Å². The number of halogens is 3. The van der Waals surface area contributed by atoms with Crippen LogP contribution in [-0.2, 0) is 9.59 Å². The number of rotatable bonds is 6. The Kier molecular flexibility index (Phi) is 6.81. The van der Waals surface area contributed by atoms with Crippen LogP contribution in [0.15, 0.2) is 48.5 Å². The lowest BCUT2D eigenvalue weighted by atomic mass is 10.1. The maximum Gasteiger partial charge on any atom is 0.573 e. The number of hydrogen-bond acceptors (Lipinski definition) is 4. The van der Waals surface area contributed by atoms with Gasteiger partial charge in [0, 0.05) is 30.9 Å². The lowest BCUT2D eigenvalue weighted by Gasteiger charge is -2.17. The molecule has 0 aliphatic heterocycles. The Balaban J connectivity index is 1.94. The molecule has 2 aromatic rings. The van der Waals surface area contributed by atoms with E-state index in [9.17, 15) is 27.6 Å². The fourth-order valence-corrected chi connectivity index (χ4v) is 2.38. The van der Waals surface area contributed by atoms with Gasteiger partial charge in [-0.25, -0.2) is 0 Å². The monoisotopic (exact) mass is 409 g/mol. The van der Waals surface area contributed by atoms with E-state index < -0.39 is 23.9 Å². The predicted octanol–water partition coefficient (Wildman–Crippen LogP) is 3.25. The number of nitrogens with one attached hydrogen (secondary N) is 2. The first kappa shape index (κ1) is 21.7. The van der Waals surface area contributed by atoms with Crippen LogP contribution in [0.3, 0.4) is 0 Å². The SMILES string of the molecule is CC(=O)Nc1cccc(C(=O)N(C)CC(=O)Nc2ccc(OC(F)(F)F)cc2)c1. The highest BCUT2D eigenvalue weighted by atomic mass is 19.4. The number of anilines is 2. The summed E-state index contributed by atoms with van der Waals surface area (Å²) in [6, 6.07) is 10.9. The number of carbonyl (C=O) groups excluding carboxylic acids is 3. The van der Waals surface area contributed by atoms with Crippen LogP contribution < -0.4 is 15.4 Å². The molecule has 0 heterocycles. The summed E-state index contributed by atoms with van der Waals surface area (Å²) in [5, 5.41) is 5.04.